The lowest BCUT2D eigenvalue weighted by molar-refractivity contribution is 0.00578. The highest BCUT2D eigenvalue weighted by Crippen LogP contribution is 2.58. The molecule has 4 heteroatoms. The molecular weight excluding hydrogens is 585 g/mol. The maximum Gasteiger partial charge on any atom is 0.494 e. The number of aryl methyl sites for hydroxylation is 1. The van der Waals surface area contributed by atoms with E-state index in [-0.39, 0.29) is 11.2 Å². The summed E-state index contributed by atoms with van der Waals surface area (Å²) in [6.07, 6.45) is 13.6. The lowest BCUT2D eigenvalue weighted by Gasteiger charge is -2.36. The molecule has 3 nitrogen and oxygen atoms in total. The zero-order valence-corrected chi connectivity index (χ0v) is 28.8. The van der Waals surface area contributed by atoms with Gasteiger partial charge in [0.2, 0.25) is 0 Å². The van der Waals surface area contributed by atoms with E-state index in [9.17, 15) is 0 Å². The molecule has 0 bridgehead atoms. The molecule has 0 radical (unpaired) electrons. The van der Waals surface area contributed by atoms with E-state index in [1.54, 1.807) is 0 Å². The monoisotopic (exact) mass is 627 g/mol. The Hall–Kier alpha value is -4.51. The van der Waals surface area contributed by atoms with Crippen molar-refractivity contribution in [1.29, 1.82) is 0 Å². The Morgan fingerprint density at radius 3 is 2.15 bits per heavy atom. The van der Waals surface area contributed by atoms with E-state index in [4.69, 9.17) is 14.3 Å². The van der Waals surface area contributed by atoms with Gasteiger partial charge in [-0.25, -0.2) is 0 Å². The van der Waals surface area contributed by atoms with Gasteiger partial charge in [0.25, 0.3) is 0 Å². The van der Waals surface area contributed by atoms with Crippen molar-refractivity contribution in [2.75, 3.05) is 0 Å². The predicted molar refractivity (Wildman–Crippen MR) is 201 cm³/mol. The molecule has 48 heavy (non-hydrogen) atoms. The summed E-state index contributed by atoms with van der Waals surface area (Å²) in [5.74, 6) is 0. The van der Waals surface area contributed by atoms with E-state index in [2.05, 4.69) is 163 Å². The van der Waals surface area contributed by atoms with Crippen molar-refractivity contribution in [1.82, 2.24) is 4.98 Å². The van der Waals surface area contributed by atoms with Crippen molar-refractivity contribution < 1.29 is 9.31 Å². The molecule has 1 aromatic heterocycles. The minimum atomic E-state index is -0.409. The van der Waals surface area contributed by atoms with Gasteiger partial charge in [0.1, 0.15) is 0 Å². The van der Waals surface area contributed by atoms with Crippen LogP contribution in [-0.4, -0.2) is 23.3 Å². The predicted octanol–water partition coefficient (Wildman–Crippen LogP) is 10.1. The van der Waals surface area contributed by atoms with Crippen LogP contribution in [0.1, 0.15) is 75.4 Å². The minimum absolute atomic E-state index is 0.386. The highest BCUT2D eigenvalue weighted by molar-refractivity contribution is 6.62. The van der Waals surface area contributed by atoms with Crippen LogP contribution in [0, 0.1) is 6.92 Å². The lowest BCUT2D eigenvalue weighted by atomic mass is 9.66. The summed E-state index contributed by atoms with van der Waals surface area (Å²) in [5.41, 5.74) is 12.0. The van der Waals surface area contributed by atoms with Crippen molar-refractivity contribution in [3.63, 3.8) is 0 Å². The number of nitrogens with zero attached hydrogens (tertiary/aromatic N) is 1. The van der Waals surface area contributed by atoms with Gasteiger partial charge in [-0.05, 0) is 111 Å². The van der Waals surface area contributed by atoms with Gasteiger partial charge in [-0.15, -0.1) is 0 Å². The molecule has 1 aliphatic heterocycles. The fourth-order valence-corrected chi connectivity index (χ4v) is 7.97. The summed E-state index contributed by atoms with van der Waals surface area (Å²) in [6, 6.07) is 33.6. The Labute approximate surface area is 285 Å². The summed E-state index contributed by atoms with van der Waals surface area (Å²) in [7, 11) is -0.401. The smallest absolute Gasteiger partial charge is 0.399 e. The SMILES string of the molecule is C/C=C\c1c(C)nc(-c2ccc(B3OC(C)(C)C(C)(C)O3)cc2)c2cc3c(cc12)C(C1=CCCC=C1)(c1ccccc1)c1ccccc1-3. The summed E-state index contributed by atoms with van der Waals surface area (Å²) in [5, 5.41) is 2.38. The Kier molecular flexibility index (Phi) is 7.25. The molecular formula is C44H42BNO2. The van der Waals surface area contributed by atoms with Crippen molar-refractivity contribution >= 4 is 29.4 Å². The van der Waals surface area contributed by atoms with Crippen LogP contribution < -0.4 is 5.46 Å². The van der Waals surface area contributed by atoms with E-state index in [1.165, 1.54) is 44.3 Å². The molecule has 3 aliphatic rings. The van der Waals surface area contributed by atoms with Gasteiger partial charge in [-0.2, -0.15) is 0 Å². The van der Waals surface area contributed by atoms with E-state index in [1.807, 2.05) is 0 Å². The van der Waals surface area contributed by atoms with Gasteiger partial charge in [0.15, 0.2) is 0 Å². The highest BCUT2D eigenvalue weighted by Gasteiger charge is 2.52. The number of hydrogen-bond donors (Lipinski definition) is 0. The van der Waals surface area contributed by atoms with Gasteiger partial charge in [0.05, 0.1) is 22.3 Å². The lowest BCUT2D eigenvalue weighted by Crippen LogP contribution is -2.41. The van der Waals surface area contributed by atoms with Gasteiger partial charge in [-0.1, -0.05) is 109 Å². The van der Waals surface area contributed by atoms with E-state index in [0.29, 0.717) is 0 Å². The second-order valence-corrected chi connectivity index (χ2v) is 14.4. The zero-order valence-electron chi connectivity index (χ0n) is 28.8. The molecule has 5 aromatic rings. The van der Waals surface area contributed by atoms with Gasteiger partial charge in [-0.3, -0.25) is 4.98 Å². The topological polar surface area (TPSA) is 31.4 Å². The second-order valence-electron chi connectivity index (χ2n) is 14.4. The first-order chi connectivity index (χ1) is 23.2. The molecule has 2 aliphatic carbocycles. The molecule has 0 amide bonds. The van der Waals surface area contributed by atoms with Crippen molar-refractivity contribution in [2.24, 2.45) is 0 Å². The maximum atomic E-state index is 6.36. The molecule has 2 heterocycles. The number of hydrogen-bond acceptors (Lipinski definition) is 3. The van der Waals surface area contributed by atoms with Crippen molar-refractivity contribution in [3.8, 4) is 22.4 Å². The summed E-state index contributed by atoms with van der Waals surface area (Å²) < 4.78 is 12.7. The first-order valence-electron chi connectivity index (χ1n) is 17.3. The number of rotatable bonds is 5. The van der Waals surface area contributed by atoms with Crippen molar-refractivity contribution in [3.05, 3.63) is 149 Å². The molecule has 0 N–H and O–H groups in total. The van der Waals surface area contributed by atoms with E-state index in [0.717, 1.165) is 40.6 Å². The fourth-order valence-electron chi connectivity index (χ4n) is 7.97. The molecule has 0 spiro atoms. The third kappa shape index (κ3) is 4.53. The minimum Gasteiger partial charge on any atom is -0.399 e. The Morgan fingerprint density at radius 1 is 0.750 bits per heavy atom. The number of allylic oxidation sites excluding steroid dienone is 5. The first kappa shape index (κ1) is 30.8. The maximum absolute atomic E-state index is 6.36. The van der Waals surface area contributed by atoms with Crippen LogP contribution in [-0.2, 0) is 14.7 Å². The summed E-state index contributed by atoms with van der Waals surface area (Å²) in [4.78, 5) is 5.29. The number of pyridine rings is 1. The molecule has 1 fully saturated rings. The Morgan fingerprint density at radius 2 is 1.46 bits per heavy atom. The van der Waals surface area contributed by atoms with Crippen LogP contribution >= 0.6 is 0 Å². The van der Waals surface area contributed by atoms with Crippen LogP contribution in [0.5, 0.6) is 0 Å². The molecule has 8 rings (SSSR count). The summed E-state index contributed by atoms with van der Waals surface area (Å²) in [6.45, 7) is 12.6. The Bertz CT molecular complexity index is 2140. The van der Waals surface area contributed by atoms with Gasteiger partial charge in [0, 0.05) is 22.2 Å². The molecule has 238 valence electrons. The van der Waals surface area contributed by atoms with Crippen LogP contribution in [0.15, 0.2) is 121 Å². The molecule has 1 saturated heterocycles. The first-order valence-corrected chi connectivity index (χ1v) is 17.3. The summed E-state index contributed by atoms with van der Waals surface area (Å²) >= 11 is 0. The third-order valence-corrected chi connectivity index (χ3v) is 11.1. The van der Waals surface area contributed by atoms with Crippen LogP contribution in [0.25, 0.3) is 39.2 Å². The number of benzene rings is 4. The normalized spacial score (nSPS) is 20.7. The Balaban J connectivity index is 1.37. The number of fused-ring (bicyclic) bond motifs is 4. The van der Waals surface area contributed by atoms with E-state index < -0.39 is 12.5 Å². The van der Waals surface area contributed by atoms with E-state index >= 15 is 0 Å². The van der Waals surface area contributed by atoms with Crippen LogP contribution in [0.3, 0.4) is 0 Å². The van der Waals surface area contributed by atoms with Gasteiger partial charge >= 0.3 is 7.12 Å². The zero-order chi connectivity index (χ0) is 33.3. The standard InChI is InChI=1S/C44H42BNO2/c1-7-16-34-29(2)46-41(30-23-25-33(26-24-30)45-47-42(3,4)43(5,6)48-45)38-27-37-35-21-14-15-22-39(35)44(40(37)28-36(34)38,31-17-10-8-11-18-31)32-19-12-9-13-20-32/h7-8,10-12,14-28H,9,13H2,1-6H3/b16-7-. The second kappa shape index (κ2) is 11.3. The molecule has 1 unspecified atom stereocenters. The quantitative estimate of drug-likeness (QED) is 0.182. The van der Waals surface area contributed by atoms with Crippen LogP contribution in [0.2, 0.25) is 0 Å². The van der Waals surface area contributed by atoms with Gasteiger partial charge < -0.3 is 9.31 Å². The largest absolute Gasteiger partial charge is 0.494 e. The van der Waals surface area contributed by atoms with Crippen LogP contribution in [0.4, 0.5) is 0 Å². The molecule has 4 aromatic carbocycles. The fraction of sp³-hybridized carbons (Fsp3) is 0.250. The molecule has 0 saturated carbocycles. The average molecular weight is 628 g/mol. The average Bonchev–Trinajstić information content (AvgIpc) is 3.51. The number of aromatic nitrogens is 1. The molecule has 1 atom stereocenters. The third-order valence-electron chi connectivity index (χ3n) is 11.1. The highest BCUT2D eigenvalue weighted by atomic mass is 16.7. The van der Waals surface area contributed by atoms with Crippen molar-refractivity contribution in [2.45, 2.75) is 71.0 Å².